The zero-order chi connectivity index (χ0) is 22.6. The van der Waals surface area contributed by atoms with Crippen molar-refractivity contribution >= 4 is 11.0 Å². The molecular formula is C26H34O5. The van der Waals surface area contributed by atoms with Crippen LogP contribution in [0.4, 0.5) is 0 Å². The van der Waals surface area contributed by atoms with E-state index in [-0.39, 0.29) is 12.4 Å². The second-order valence-electron chi connectivity index (χ2n) is 7.58. The average Bonchev–Trinajstić information content (AvgIpc) is 2.74. The Labute approximate surface area is 185 Å². The Morgan fingerprint density at radius 2 is 1.84 bits per heavy atom. The molecule has 0 fully saturated rings. The minimum Gasteiger partial charge on any atom is -0.496 e. The largest absolute Gasteiger partial charge is 0.496 e. The predicted octanol–water partition coefficient (Wildman–Crippen LogP) is 6.61. The molecule has 1 aromatic carbocycles. The summed E-state index contributed by atoms with van der Waals surface area (Å²) < 4.78 is 22.9. The second kappa shape index (κ2) is 12.7. The van der Waals surface area contributed by atoms with Crippen LogP contribution in [0.3, 0.4) is 0 Å². The van der Waals surface area contributed by atoms with Crippen LogP contribution in [0.15, 0.2) is 62.9 Å². The molecule has 0 amide bonds. The van der Waals surface area contributed by atoms with Crippen LogP contribution >= 0.6 is 0 Å². The van der Waals surface area contributed by atoms with E-state index in [1.165, 1.54) is 11.1 Å². The molecule has 0 atom stereocenters. The second-order valence-corrected chi connectivity index (χ2v) is 7.58. The third kappa shape index (κ3) is 7.35. The molecule has 168 valence electrons. The van der Waals surface area contributed by atoms with E-state index in [1.807, 2.05) is 12.1 Å². The number of ether oxygens (including phenoxy) is 3. The van der Waals surface area contributed by atoms with Crippen molar-refractivity contribution in [1.82, 2.24) is 0 Å². The summed E-state index contributed by atoms with van der Waals surface area (Å²) in [6.07, 6.45) is 12.0. The normalized spacial score (nSPS) is 11.7. The van der Waals surface area contributed by atoms with Gasteiger partial charge in [0.05, 0.1) is 13.7 Å². The number of benzene rings is 1. The molecule has 5 nitrogen and oxygen atoms in total. The minimum atomic E-state index is -0.560. The first-order chi connectivity index (χ1) is 15.0. The van der Waals surface area contributed by atoms with Crippen LogP contribution in [0.2, 0.25) is 0 Å². The Morgan fingerprint density at radius 1 is 1.03 bits per heavy atom. The summed E-state index contributed by atoms with van der Waals surface area (Å²) in [4.78, 5) is 12.7. The van der Waals surface area contributed by atoms with Gasteiger partial charge in [-0.2, -0.15) is 0 Å². The highest BCUT2D eigenvalue weighted by Gasteiger charge is 2.20. The highest BCUT2D eigenvalue weighted by Crippen LogP contribution is 2.38. The SMILES string of the molecule is CC/C=C/CCOc1c(OC/C=C(\C)CCC=C(C)C)c(=O)oc2cccc(OC)c12. The zero-order valence-corrected chi connectivity index (χ0v) is 19.3. The monoisotopic (exact) mass is 426 g/mol. The van der Waals surface area contributed by atoms with Crippen molar-refractivity contribution in [2.45, 2.75) is 53.4 Å². The lowest BCUT2D eigenvalue weighted by Gasteiger charge is -2.14. The van der Waals surface area contributed by atoms with Gasteiger partial charge < -0.3 is 18.6 Å². The molecule has 2 aromatic rings. The summed E-state index contributed by atoms with van der Waals surface area (Å²) in [6, 6.07) is 5.31. The molecule has 1 heterocycles. The van der Waals surface area contributed by atoms with E-state index in [2.05, 4.69) is 45.9 Å². The van der Waals surface area contributed by atoms with E-state index in [1.54, 1.807) is 19.2 Å². The van der Waals surface area contributed by atoms with Crippen LogP contribution in [0.1, 0.15) is 53.4 Å². The Morgan fingerprint density at radius 3 is 2.55 bits per heavy atom. The Hall–Kier alpha value is -2.95. The summed E-state index contributed by atoms with van der Waals surface area (Å²) in [7, 11) is 1.58. The first-order valence-electron chi connectivity index (χ1n) is 10.8. The van der Waals surface area contributed by atoms with Crippen molar-refractivity contribution in [2.24, 2.45) is 0 Å². The van der Waals surface area contributed by atoms with Crippen LogP contribution in [0.5, 0.6) is 17.2 Å². The van der Waals surface area contributed by atoms with Gasteiger partial charge in [-0.25, -0.2) is 4.79 Å². The van der Waals surface area contributed by atoms with Gasteiger partial charge in [-0.05, 0) is 64.7 Å². The van der Waals surface area contributed by atoms with Gasteiger partial charge in [0.25, 0.3) is 0 Å². The van der Waals surface area contributed by atoms with E-state index in [9.17, 15) is 4.79 Å². The molecule has 0 bridgehead atoms. The molecule has 0 aliphatic carbocycles. The minimum absolute atomic E-state index is 0.0739. The van der Waals surface area contributed by atoms with E-state index < -0.39 is 5.63 Å². The van der Waals surface area contributed by atoms with Crippen molar-refractivity contribution in [3.63, 3.8) is 0 Å². The van der Waals surface area contributed by atoms with Crippen molar-refractivity contribution < 1.29 is 18.6 Å². The van der Waals surface area contributed by atoms with Crippen LogP contribution in [0.25, 0.3) is 11.0 Å². The molecule has 0 N–H and O–H groups in total. The maximum absolute atomic E-state index is 12.7. The van der Waals surface area contributed by atoms with Gasteiger partial charge in [0.15, 0.2) is 5.75 Å². The first-order valence-corrected chi connectivity index (χ1v) is 10.8. The molecule has 0 aliphatic rings. The fourth-order valence-electron chi connectivity index (χ4n) is 3.08. The molecule has 0 saturated heterocycles. The van der Waals surface area contributed by atoms with Crippen molar-refractivity contribution in [2.75, 3.05) is 20.3 Å². The standard InChI is InChI=1S/C26H34O5/c1-6-7-8-9-17-29-24-23-21(28-5)14-11-15-22(23)31-26(27)25(24)30-18-16-20(4)13-10-12-19(2)3/h7-8,11-12,14-16H,6,9-10,13,17-18H2,1-5H3/b8-7+,20-16+. The fourth-order valence-corrected chi connectivity index (χ4v) is 3.08. The van der Waals surface area contributed by atoms with Gasteiger partial charge >= 0.3 is 5.63 Å². The maximum Gasteiger partial charge on any atom is 0.383 e. The van der Waals surface area contributed by atoms with E-state index in [4.69, 9.17) is 18.6 Å². The van der Waals surface area contributed by atoms with Crippen LogP contribution in [-0.2, 0) is 0 Å². The van der Waals surface area contributed by atoms with Gasteiger partial charge in [0, 0.05) is 0 Å². The molecule has 31 heavy (non-hydrogen) atoms. The summed E-state index contributed by atoms with van der Waals surface area (Å²) in [6.45, 7) is 9.01. The number of fused-ring (bicyclic) bond motifs is 1. The maximum atomic E-state index is 12.7. The van der Waals surface area contributed by atoms with Crippen LogP contribution in [0, 0.1) is 0 Å². The van der Waals surface area contributed by atoms with Crippen LogP contribution in [-0.4, -0.2) is 20.3 Å². The Balaban J connectivity index is 2.29. The average molecular weight is 427 g/mol. The quantitative estimate of drug-likeness (QED) is 0.217. The summed E-state index contributed by atoms with van der Waals surface area (Å²) in [5.41, 5.74) is 2.36. The van der Waals surface area contributed by atoms with Gasteiger partial charge in [0.1, 0.15) is 23.3 Å². The molecule has 1 aromatic heterocycles. The van der Waals surface area contributed by atoms with Gasteiger partial charge in [-0.15, -0.1) is 0 Å². The molecule has 0 spiro atoms. The number of rotatable bonds is 12. The number of hydrogen-bond acceptors (Lipinski definition) is 5. The highest BCUT2D eigenvalue weighted by molar-refractivity contribution is 5.91. The van der Waals surface area contributed by atoms with E-state index in [0.717, 1.165) is 25.7 Å². The first kappa shape index (κ1) is 24.3. The molecule has 0 saturated carbocycles. The molecular weight excluding hydrogens is 392 g/mol. The molecule has 0 unspecified atom stereocenters. The summed E-state index contributed by atoms with van der Waals surface area (Å²) in [5.74, 6) is 1.01. The molecule has 0 radical (unpaired) electrons. The number of hydrogen-bond donors (Lipinski definition) is 0. The molecule has 2 rings (SSSR count). The summed E-state index contributed by atoms with van der Waals surface area (Å²) >= 11 is 0. The van der Waals surface area contributed by atoms with E-state index >= 15 is 0 Å². The zero-order valence-electron chi connectivity index (χ0n) is 19.3. The van der Waals surface area contributed by atoms with Crippen molar-refractivity contribution in [3.8, 4) is 17.2 Å². The fraction of sp³-hybridized carbons (Fsp3) is 0.423. The Kier molecular flexibility index (Phi) is 9.95. The topological polar surface area (TPSA) is 57.9 Å². The predicted molar refractivity (Wildman–Crippen MR) is 126 cm³/mol. The number of methoxy groups -OCH3 is 1. The van der Waals surface area contributed by atoms with Crippen molar-refractivity contribution in [1.29, 1.82) is 0 Å². The lowest BCUT2D eigenvalue weighted by molar-refractivity contribution is 0.278. The lowest BCUT2D eigenvalue weighted by Crippen LogP contribution is -2.11. The van der Waals surface area contributed by atoms with E-state index in [0.29, 0.717) is 29.1 Å². The molecule has 5 heteroatoms. The summed E-state index contributed by atoms with van der Waals surface area (Å²) in [5, 5.41) is 0.600. The van der Waals surface area contributed by atoms with Gasteiger partial charge in [-0.1, -0.05) is 42.4 Å². The van der Waals surface area contributed by atoms with Gasteiger partial charge in [0.2, 0.25) is 5.75 Å². The number of allylic oxidation sites excluding steroid dienone is 4. The van der Waals surface area contributed by atoms with Crippen molar-refractivity contribution in [3.05, 3.63) is 64.1 Å². The van der Waals surface area contributed by atoms with Gasteiger partial charge in [-0.3, -0.25) is 0 Å². The lowest BCUT2D eigenvalue weighted by atomic mass is 10.1. The smallest absolute Gasteiger partial charge is 0.383 e. The third-order valence-corrected chi connectivity index (χ3v) is 4.71. The Bertz CT molecular complexity index is 991. The molecule has 0 aliphatic heterocycles. The third-order valence-electron chi connectivity index (χ3n) is 4.71. The highest BCUT2D eigenvalue weighted by atomic mass is 16.5. The van der Waals surface area contributed by atoms with Crippen LogP contribution < -0.4 is 19.8 Å².